The SMILES string of the molecule is CC.Fc1cccc(COc2ccccc2)c1. The number of benzene rings is 2. The summed E-state index contributed by atoms with van der Waals surface area (Å²) in [6.07, 6.45) is 0. The van der Waals surface area contributed by atoms with Crippen LogP contribution in [0.4, 0.5) is 4.39 Å². The molecule has 0 spiro atoms. The molecule has 1 nitrogen and oxygen atoms in total. The van der Waals surface area contributed by atoms with Crippen LogP contribution in [0.25, 0.3) is 0 Å². The van der Waals surface area contributed by atoms with Gasteiger partial charge in [0.1, 0.15) is 18.2 Å². The average molecular weight is 232 g/mol. The van der Waals surface area contributed by atoms with Crippen LogP contribution < -0.4 is 4.74 Å². The molecule has 17 heavy (non-hydrogen) atoms. The molecule has 0 saturated carbocycles. The summed E-state index contributed by atoms with van der Waals surface area (Å²) in [5, 5.41) is 0. The van der Waals surface area contributed by atoms with Gasteiger partial charge in [-0.05, 0) is 29.8 Å². The first-order chi connectivity index (χ1) is 8.34. The maximum Gasteiger partial charge on any atom is 0.123 e. The Balaban J connectivity index is 0.000000686. The summed E-state index contributed by atoms with van der Waals surface area (Å²) in [5.41, 5.74) is 0.832. The van der Waals surface area contributed by atoms with Gasteiger partial charge in [-0.3, -0.25) is 0 Å². The van der Waals surface area contributed by atoms with Crippen molar-refractivity contribution in [3.8, 4) is 5.75 Å². The first-order valence-corrected chi connectivity index (χ1v) is 5.77. The molecule has 0 heterocycles. The molecule has 2 rings (SSSR count). The van der Waals surface area contributed by atoms with Crippen molar-refractivity contribution in [1.29, 1.82) is 0 Å². The smallest absolute Gasteiger partial charge is 0.123 e. The Morgan fingerprint density at radius 1 is 0.941 bits per heavy atom. The summed E-state index contributed by atoms with van der Waals surface area (Å²) in [4.78, 5) is 0. The van der Waals surface area contributed by atoms with E-state index in [1.165, 1.54) is 12.1 Å². The lowest BCUT2D eigenvalue weighted by atomic mass is 10.2. The zero-order chi connectivity index (χ0) is 12.5. The molecular weight excluding hydrogens is 215 g/mol. The summed E-state index contributed by atoms with van der Waals surface area (Å²) >= 11 is 0. The van der Waals surface area contributed by atoms with Crippen molar-refractivity contribution in [3.05, 3.63) is 66.0 Å². The number of hydrogen-bond acceptors (Lipinski definition) is 1. The largest absolute Gasteiger partial charge is 0.489 e. The van der Waals surface area contributed by atoms with Crippen molar-refractivity contribution in [2.45, 2.75) is 20.5 Å². The zero-order valence-electron chi connectivity index (χ0n) is 10.2. The summed E-state index contributed by atoms with van der Waals surface area (Å²) < 4.78 is 18.3. The Labute approximate surface area is 102 Å². The molecule has 2 aromatic carbocycles. The van der Waals surface area contributed by atoms with Crippen molar-refractivity contribution in [3.63, 3.8) is 0 Å². The van der Waals surface area contributed by atoms with E-state index >= 15 is 0 Å². The van der Waals surface area contributed by atoms with E-state index in [2.05, 4.69) is 0 Å². The van der Waals surface area contributed by atoms with E-state index in [9.17, 15) is 4.39 Å². The predicted octanol–water partition coefficient (Wildman–Crippen LogP) is 4.43. The third kappa shape index (κ3) is 4.68. The number of rotatable bonds is 3. The van der Waals surface area contributed by atoms with Gasteiger partial charge in [0.15, 0.2) is 0 Å². The summed E-state index contributed by atoms with van der Waals surface area (Å²) in [6.45, 7) is 4.39. The Bertz CT molecular complexity index is 426. The average Bonchev–Trinajstić information content (AvgIpc) is 2.40. The van der Waals surface area contributed by atoms with E-state index in [1.54, 1.807) is 6.07 Å². The van der Waals surface area contributed by atoms with Gasteiger partial charge < -0.3 is 4.74 Å². The van der Waals surface area contributed by atoms with Gasteiger partial charge in [-0.15, -0.1) is 0 Å². The normalized spacial score (nSPS) is 9.12. The standard InChI is InChI=1S/C13H11FO.C2H6/c14-12-6-4-5-11(9-12)10-15-13-7-2-1-3-8-13;1-2/h1-9H,10H2;1-2H3. The van der Waals surface area contributed by atoms with Crippen LogP contribution in [0.15, 0.2) is 54.6 Å². The minimum absolute atomic E-state index is 0.232. The van der Waals surface area contributed by atoms with Crippen LogP contribution in [0.3, 0.4) is 0 Å². The van der Waals surface area contributed by atoms with Crippen LogP contribution >= 0.6 is 0 Å². The van der Waals surface area contributed by atoms with Gasteiger partial charge in [0, 0.05) is 0 Å². The lowest BCUT2D eigenvalue weighted by molar-refractivity contribution is 0.305. The first-order valence-electron chi connectivity index (χ1n) is 5.77. The van der Waals surface area contributed by atoms with E-state index in [4.69, 9.17) is 4.74 Å². The van der Waals surface area contributed by atoms with Gasteiger partial charge in [0.2, 0.25) is 0 Å². The molecule has 0 aromatic heterocycles. The van der Waals surface area contributed by atoms with Crippen LogP contribution in [-0.4, -0.2) is 0 Å². The van der Waals surface area contributed by atoms with E-state index in [0.29, 0.717) is 6.61 Å². The van der Waals surface area contributed by atoms with Crippen LogP contribution in [0.1, 0.15) is 19.4 Å². The van der Waals surface area contributed by atoms with E-state index in [-0.39, 0.29) is 5.82 Å². The molecule has 0 unspecified atom stereocenters. The first kappa shape index (κ1) is 13.2. The number of para-hydroxylation sites is 1. The second kappa shape index (κ2) is 7.44. The third-order valence-corrected chi connectivity index (χ3v) is 2.04. The molecule has 90 valence electrons. The van der Waals surface area contributed by atoms with Crippen molar-refractivity contribution >= 4 is 0 Å². The van der Waals surface area contributed by atoms with Crippen LogP contribution in [0.5, 0.6) is 5.75 Å². The van der Waals surface area contributed by atoms with Crippen LogP contribution in [0, 0.1) is 5.82 Å². The molecule has 2 aromatic rings. The maximum absolute atomic E-state index is 12.8. The molecule has 0 amide bonds. The van der Waals surface area contributed by atoms with E-state index in [0.717, 1.165) is 11.3 Å². The zero-order valence-corrected chi connectivity index (χ0v) is 10.2. The summed E-state index contributed by atoms with van der Waals surface area (Å²) in [5.74, 6) is 0.561. The maximum atomic E-state index is 12.8. The topological polar surface area (TPSA) is 9.23 Å². The Morgan fingerprint density at radius 3 is 2.29 bits per heavy atom. The Morgan fingerprint density at radius 2 is 1.65 bits per heavy atom. The van der Waals surface area contributed by atoms with Crippen molar-refractivity contribution in [2.24, 2.45) is 0 Å². The highest BCUT2D eigenvalue weighted by molar-refractivity contribution is 5.22. The number of halogens is 1. The quantitative estimate of drug-likeness (QED) is 0.760. The van der Waals surface area contributed by atoms with Crippen molar-refractivity contribution in [2.75, 3.05) is 0 Å². The predicted molar refractivity (Wildman–Crippen MR) is 68.5 cm³/mol. The van der Waals surface area contributed by atoms with Gasteiger partial charge in [0.25, 0.3) is 0 Å². The fourth-order valence-corrected chi connectivity index (χ4v) is 1.31. The summed E-state index contributed by atoms with van der Waals surface area (Å²) in [7, 11) is 0. The van der Waals surface area contributed by atoms with Gasteiger partial charge in [-0.1, -0.05) is 44.2 Å². The molecule has 0 bridgehead atoms. The lowest BCUT2D eigenvalue weighted by Gasteiger charge is -2.05. The van der Waals surface area contributed by atoms with E-state index in [1.807, 2.05) is 50.2 Å². The van der Waals surface area contributed by atoms with Crippen molar-refractivity contribution in [1.82, 2.24) is 0 Å². The summed E-state index contributed by atoms with van der Waals surface area (Å²) in [6, 6.07) is 15.9. The fourth-order valence-electron chi connectivity index (χ4n) is 1.31. The minimum Gasteiger partial charge on any atom is -0.489 e. The molecule has 0 saturated heterocycles. The van der Waals surface area contributed by atoms with Crippen molar-refractivity contribution < 1.29 is 9.13 Å². The Kier molecular flexibility index (Phi) is 5.80. The van der Waals surface area contributed by atoms with E-state index < -0.39 is 0 Å². The third-order valence-electron chi connectivity index (χ3n) is 2.04. The molecule has 0 N–H and O–H groups in total. The molecular formula is C15H17FO. The molecule has 2 heteroatoms. The van der Waals surface area contributed by atoms with Gasteiger partial charge in [-0.25, -0.2) is 4.39 Å². The monoisotopic (exact) mass is 232 g/mol. The van der Waals surface area contributed by atoms with Crippen LogP contribution in [0.2, 0.25) is 0 Å². The van der Waals surface area contributed by atoms with Gasteiger partial charge in [0.05, 0.1) is 0 Å². The highest BCUT2D eigenvalue weighted by Crippen LogP contribution is 2.12. The minimum atomic E-state index is -0.232. The molecule has 0 fully saturated rings. The highest BCUT2D eigenvalue weighted by atomic mass is 19.1. The molecule has 0 aliphatic heterocycles. The molecule has 0 aliphatic carbocycles. The number of ether oxygens (including phenoxy) is 1. The highest BCUT2D eigenvalue weighted by Gasteiger charge is 1.96. The number of hydrogen-bond donors (Lipinski definition) is 0. The fraction of sp³-hybridized carbons (Fsp3) is 0.200. The van der Waals surface area contributed by atoms with Crippen LogP contribution in [-0.2, 0) is 6.61 Å². The lowest BCUT2D eigenvalue weighted by Crippen LogP contribution is -1.95. The van der Waals surface area contributed by atoms with Gasteiger partial charge in [-0.2, -0.15) is 0 Å². The Hall–Kier alpha value is -1.83. The second-order valence-electron chi connectivity index (χ2n) is 3.23. The molecule has 0 radical (unpaired) electrons. The second-order valence-corrected chi connectivity index (χ2v) is 3.23. The molecule has 0 aliphatic rings. The molecule has 0 atom stereocenters. The van der Waals surface area contributed by atoms with Gasteiger partial charge >= 0.3 is 0 Å².